The lowest BCUT2D eigenvalue weighted by atomic mass is 10.0. The Hall–Kier alpha value is -5.38. The third-order valence-corrected chi connectivity index (χ3v) is 10.9. The molecule has 58 heavy (non-hydrogen) atoms. The lowest BCUT2D eigenvalue weighted by Crippen LogP contribution is -2.49. The van der Waals surface area contributed by atoms with Crippen molar-refractivity contribution in [2.45, 2.75) is 69.7 Å². The predicted molar refractivity (Wildman–Crippen MR) is 214 cm³/mol. The summed E-state index contributed by atoms with van der Waals surface area (Å²) in [5.74, 6) is -0.583. The monoisotopic (exact) mass is 821 g/mol. The molecule has 3 aliphatic heterocycles. The Bertz CT molecular complexity index is 2090. The molecule has 3 N–H and O–H groups in total. The van der Waals surface area contributed by atoms with Gasteiger partial charge in [-0.05, 0) is 74.7 Å². The number of thiol groups is 1. The maximum absolute atomic E-state index is 13.8. The number of piperidine rings is 1. The number of hydrogen-bond acceptors (Lipinski definition) is 12. The summed E-state index contributed by atoms with van der Waals surface area (Å²) in [5, 5.41) is 17.6. The molecule has 0 radical (unpaired) electrons. The zero-order chi connectivity index (χ0) is 41.8. The van der Waals surface area contributed by atoms with Crippen LogP contribution in [0, 0.1) is 11.3 Å². The summed E-state index contributed by atoms with van der Waals surface area (Å²) in [6, 6.07) is 14.4. The number of nitriles is 1. The highest BCUT2D eigenvalue weighted by Gasteiger charge is 2.52. The first-order chi connectivity index (χ1) is 27.6. The molecule has 4 amide bonds. The van der Waals surface area contributed by atoms with Crippen molar-refractivity contribution >= 4 is 59.0 Å². The van der Waals surface area contributed by atoms with Crippen LogP contribution in [0.3, 0.4) is 0 Å². The SMILES string of the molecule is CCCc1cc(N2C(S)N(c3cnc(C#N)c(C(F)(F)F)c3)C(=O)C2(C)C)ccc1OCCN1CCN(CC(=O)Nc2cccc(NC3CCC(=O)NC3=O)c2)CC1. The summed E-state index contributed by atoms with van der Waals surface area (Å²) in [4.78, 5) is 61.2. The Morgan fingerprint density at radius 1 is 1.05 bits per heavy atom. The number of aromatic nitrogens is 1. The van der Waals surface area contributed by atoms with E-state index in [1.54, 1.807) is 43.0 Å². The second-order valence-electron chi connectivity index (χ2n) is 14.9. The van der Waals surface area contributed by atoms with Gasteiger partial charge in [0.05, 0.1) is 24.0 Å². The molecular formula is C40H46F3N9O5S. The number of nitrogens with zero attached hydrogens (tertiary/aromatic N) is 6. The zero-order valence-electron chi connectivity index (χ0n) is 32.4. The fourth-order valence-corrected chi connectivity index (χ4v) is 8.06. The van der Waals surface area contributed by atoms with Crippen LogP contribution < -0.4 is 30.5 Å². The molecule has 6 rings (SSSR count). The fraction of sp³-hybridized carbons (Fsp3) is 0.450. The summed E-state index contributed by atoms with van der Waals surface area (Å²) in [7, 11) is 0. The van der Waals surface area contributed by atoms with Crippen LogP contribution in [0.5, 0.6) is 5.75 Å². The lowest BCUT2D eigenvalue weighted by Gasteiger charge is -2.34. The quantitative estimate of drug-likeness (QED) is 0.141. The highest BCUT2D eigenvalue weighted by atomic mass is 32.1. The molecule has 2 aromatic carbocycles. The van der Waals surface area contributed by atoms with Gasteiger partial charge in [-0.15, -0.1) is 12.6 Å². The summed E-state index contributed by atoms with van der Waals surface area (Å²) < 4.78 is 47.6. The van der Waals surface area contributed by atoms with Gasteiger partial charge in [-0.25, -0.2) is 4.98 Å². The molecule has 2 atom stereocenters. The molecule has 3 aliphatic rings. The molecule has 3 saturated heterocycles. The first-order valence-corrected chi connectivity index (χ1v) is 19.6. The topological polar surface area (TPSA) is 163 Å². The number of nitrogens with one attached hydrogen (secondary N) is 3. The summed E-state index contributed by atoms with van der Waals surface area (Å²) >= 11 is 4.71. The Labute approximate surface area is 340 Å². The lowest BCUT2D eigenvalue weighted by molar-refractivity contribution is -0.138. The first kappa shape index (κ1) is 42.2. The van der Waals surface area contributed by atoms with E-state index >= 15 is 0 Å². The Morgan fingerprint density at radius 3 is 2.47 bits per heavy atom. The number of hydrogen-bond donors (Lipinski definition) is 4. The Balaban J connectivity index is 1.01. The predicted octanol–water partition coefficient (Wildman–Crippen LogP) is 4.62. The third kappa shape index (κ3) is 9.49. The van der Waals surface area contributed by atoms with Gasteiger partial charge in [-0.3, -0.25) is 39.2 Å². The molecule has 0 spiro atoms. The van der Waals surface area contributed by atoms with Gasteiger partial charge in [0.25, 0.3) is 5.91 Å². The number of carbonyl (C=O) groups excluding carboxylic acids is 4. The average molecular weight is 822 g/mol. The van der Waals surface area contributed by atoms with Crippen molar-refractivity contribution in [1.82, 2.24) is 20.1 Å². The van der Waals surface area contributed by atoms with Crippen LogP contribution in [0.25, 0.3) is 0 Å². The standard InChI is InChI=1S/C40H46F3N9O5S/c1-4-6-25-19-28(52-38(58)51(37(56)39(52,2)3)29-21-30(40(41,42)43)32(22-44)45-23-29)9-11-33(25)57-18-17-49-13-15-50(16-14-49)24-35(54)47-27-8-5-7-26(20-27)46-31-10-12-34(53)48-36(31)55/h5,7-9,11,19-21,23,31,38,46,58H,4,6,10,12-18,24H2,1-3H3,(H,47,54)(H,48,53,55). The van der Waals surface area contributed by atoms with Gasteiger partial charge in [0.1, 0.15) is 30.0 Å². The van der Waals surface area contributed by atoms with Gasteiger partial charge in [-0.2, -0.15) is 18.4 Å². The first-order valence-electron chi connectivity index (χ1n) is 19.1. The molecule has 3 aromatic rings. The number of aryl methyl sites for hydroxylation is 1. The number of amides is 4. The highest BCUT2D eigenvalue weighted by Crippen LogP contribution is 2.43. The van der Waals surface area contributed by atoms with Gasteiger partial charge < -0.3 is 20.3 Å². The normalized spacial score (nSPS) is 20.1. The molecular weight excluding hydrogens is 776 g/mol. The number of alkyl halides is 3. The second-order valence-corrected chi connectivity index (χ2v) is 15.4. The van der Waals surface area contributed by atoms with Gasteiger partial charge in [0, 0.05) is 56.2 Å². The van der Waals surface area contributed by atoms with Crippen LogP contribution in [0.2, 0.25) is 0 Å². The van der Waals surface area contributed by atoms with Crippen molar-refractivity contribution in [3.8, 4) is 11.8 Å². The van der Waals surface area contributed by atoms with E-state index in [0.717, 1.165) is 42.2 Å². The van der Waals surface area contributed by atoms with E-state index in [1.807, 2.05) is 25.1 Å². The molecule has 0 aliphatic carbocycles. The number of rotatable bonds is 13. The van der Waals surface area contributed by atoms with E-state index in [9.17, 15) is 37.6 Å². The molecule has 4 heterocycles. The van der Waals surface area contributed by atoms with Crippen LogP contribution in [-0.4, -0.2) is 101 Å². The van der Waals surface area contributed by atoms with Gasteiger partial charge in [0.15, 0.2) is 11.2 Å². The number of piperazine rings is 1. The maximum Gasteiger partial charge on any atom is 0.419 e. The van der Waals surface area contributed by atoms with Crippen LogP contribution in [-0.2, 0) is 31.8 Å². The minimum Gasteiger partial charge on any atom is -0.492 e. The number of halogens is 3. The van der Waals surface area contributed by atoms with Gasteiger partial charge >= 0.3 is 6.18 Å². The molecule has 14 nitrogen and oxygen atoms in total. The number of carbonyl (C=O) groups is 4. The van der Waals surface area contributed by atoms with E-state index in [0.29, 0.717) is 61.9 Å². The Kier molecular flexibility index (Phi) is 12.8. The van der Waals surface area contributed by atoms with Crippen LogP contribution in [0.15, 0.2) is 54.7 Å². The van der Waals surface area contributed by atoms with Crippen molar-refractivity contribution < 1.29 is 37.1 Å². The Morgan fingerprint density at radius 2 is 1.78 bits per heavy atom. The van der Waals surface area contributed by atoms with Crippen LogP contribution in [0.4, 0.5) is 35.9 Å². The van der Waals surface area contributed by atoms with E-state index in [4.69, 9.17) is 17.4 Å². The highest BCUT2D eigenvalue weighted by molar-refractivity contribution is 7.81. The fourth-order valence-electron chi connectivity index (χ4n) is 7.40. The van der Waals surface area contributed by atoms with Crippen molar-refractivity contribution in [3.05, 3.63) is 71.5 Å². The largest absolute Gasteiger partial charge is 0.492 e. The van der Waals surface area contributed by atoms with Crippen molar-refractivity contribution in [1.29, 1.82) is 5.26 Å². The molecule has 18 heteroatoms. The maximum atomic E-state index is 13.8. The van der Waals surface area contributed by atoms with Crippen molar-refractivity contribution in [2.24, 2.45) is 0 Å². The van der Waals surface area contributed by atoms with Crippen LogP contribution in [0.1, 0.15) is 56.9 Å². The third-order valence-electron chi connectivity index (χ3n) is 10.4. The number of ether oxygens (including phenoxy) is 1. The second kappa shape index (κ2) is 17.6. The molecule has 1 aromatic heterocycles. The summed E-state index contributed by atoms with van der Waals surface area (Å²) in [6.07, 6.45) is -1.60. The number of imide groups is 1. The number of anilines is 4. The van der Waals surface area contributed by atoms with Crippen molar-refractivity contribution in [3.63, 3.8) is 0 Å². The van der Waals surface area contributed by atoms with E-state index in [1.165, 1.54) is 6.07 Å². The van der Waals surface area contributed by atoms with E-state index < -0.39 is 40.4 Å². The zero-order valence-corrected chi connectivity index (χ0v) is 33.3. The molecule has 0 saturated carbocycles. The molecule has 3 fully saturated rings. The number of benzene rings is 2. The van der Waals surface area contributed by atoms with Gasteiger partial charge in [0.2, 0.25) is 17.7 Å². The summed E-state index contributed by atoms with van der Waals surface area (Å²) in [5.41, 5.74) is -1.45. The van der Waals surface area contributed by atoms with E-state index in [-0.39, 0.29) is 36.4 Å². The molecule has 2 unspecified atom stereocenters. The smallest absolute Gasteiger partial charge is 0.419 e. The van der Waals surface area contributed by atoms with E-state index in [2.05, 4.69) is 30.7 Å². The average Bonchev–Trinajstić information content (AvgIpc) is 3.35. The minimum absolute atomic E-state index is 0.117. The number of pyridine rings is 1. The summed E-state index contributed by atoms with van der Waals surface area (Å²) in [6.45, 7) is 9.61. The van der Waals surface area contributed by atoms with Crippen molar-refractivity contribution in [2.75, 3.05) is 66.3 Å². The molecule has 308 valence electrons. The van der Waals surface area contributed by atoms with Gasteiger partial charge in [-0.1, -0.05) is 19.4 Å². The minimum atomic E-state index is -4.84. The van der Waals surface area contributed by atoms with Crippen LogP contribution >= 0.6 is 12.6 Å². The molecule has 0 bridgehead atoms.